The number of aromatic hydroxyl groups is 1. The lowest BCUT2D eigenvalue weighted by Crippen LogP contribution is -2.23. The van der Waals surface area contributed by atoms with Crippen molar-refractivity contribution in [1.29, 1.82) is 0 Å². The fourth-order valence-electron chi connectivity index (χ4n) is 1.16. The summed E-state index contributed by atoms with van der Waals surface area (Å²) < 4.78 is 0. The maximum Gasteiger partial charge on any atom is 0.141 e. The van der Waals surface area contributed by atoms with Crippen LogP contribution in [0, 0.1) is 6.92 Å². The first-order valence-electron chi connectivity index (χ1n) is 4.56. The zero-order chi connectivity index (χ0) is 11.4. The zero-order valence-electron chi connectivity index (χ0n) is 8.37. The van der Waals surface area contributed by atoms with Crippen LogP contribution in [0.2, 0.25) is 5.02 Å². The van der Waals surface area contributed by atoms with Gasteiger partial charge in [0.25, 0.3) is 0 Å². The highest BCUT2D eigenvalue weighted by molar-refractivity contribution is 6.31. The molecule has 0 aliphatic heterocycles. The average Bonchev–Trinajstić information content (AvgIpc) is 2.20. The number of hydrogen-bond acceptors (Lipinski definition) is 4. The van der Waals surface area contributed by atoms with E-state index < -0.39 is 6.10 Å². The number of aliphatic hydroxyl groups is 2. The molecule has 1 aromatic rings. The number of aryl methyl sites for hydroxylation is 1. The molecule has 15 heavy (non-hydrogen) atoms. The van der Waals surface area contributed by atoms with Crippen LogP contribution in [0.25, 0.3) is 0 Å². The Labute approximate surface area is 93.1 Å². The molecule has 0 spiro atoms. The predicted molar refractivity (Wildman–Crippen MR) is 59.4 cm³/mol. The molecule has 0 bridgehead atoms. The molecule has 1 unspecified atom stereocenters. The van der Waals surface area contributed by atoms with Gasteiger partial charge in [-0.3, -0.25) is 0 Å². The molecule has 0 radical (unpaired) electrons. The van der Waals surface area contributed by atoms with Gasteiger partial charge in [-0.2, -0.15) is 0 Å². The van der Waals surface area contributed by atoms with Crippen molar-refractivity contribution in [3.63, 3.8) is 0 Å². The second kappa shape index (κ2) is 5.21. The first-order chi connectivity index (χ1) is 7.04. The summed E-state index contributed by atoms with van der Waals surface area (Å²) in [4.78, 5) is 0. The minimum atomic E-state index is -0.858. The number of rotatable bonds is 4. The summed E-state index contributed by atoms with van der Waals surface area (Å²) in [6, 6.07) is 3.21. The zero-order valence-corrected chi connectivity index (χ0v) is 9.12. The first kappa shape index (κ1) is 12.1. The van der Waals surface area contributed by atoms with Gasteiger partial charge in [0.1, 0.15) is 5.75 Å². The van der Waals surface area contributed by atoms with E-state index in [0.29, 0.717) is 16.3 Å². The number of phenolic OH excluding ortho intramolecular Hbond substituents is 1. The smallest absolute Gasteiger partial charge is 0.141 e. The van der Waals surface area contributed by atoms with Gasteiger partial charge in [0, 0.05) is 11.6 Å². The Kier molecular flexibility index (Phi) is 4.20. The van der Waals surface area contributed by atoms with Crippen LogP contribution in [0.1, 0.15) is 5.56 Å². The molecular formula is C10H14ClNO3. The van der Waals surface area contributed by atoms with Crippen LogP contribution in [0.4, 0.5) is 5.69 Å². The van der Waals surface area contributed by atoms with E-state index in [1.54, 1.807) is 19.1 Å². The van der Waals surface area contributed by atoms with E-state index in [1.807, 2.05) is 0 Å². The minimum absolute atomic E-state index is 0.101. The summed E-state index contributed by atoms with van der Waals surface area (Å²) in [6.07, 6.45) is -0.858. The molecule has 0 amide bonds. The predicted octanol–water partition coefficient (Wildman–Crippen LogP) is 1.12. The summed E-state index contributed by atoms with van der Waals surface area (Å²) in [7, 11) is 0. The molecule has 0 fully saturated rings. The Morgan fingerprint density at radius 2 is 2.13 bits per heavy atom. The number of phenols is 1. The third-order valence-electron chi connectivity index (χ3n) is 2.00. The highest BCUT2D eigenvalue weighted by atomic mass is 35.5. The van der Waals surface area contributed by atoms with Crippen LogP contribution in [-0.2, 0) is 0 Å². The van der Waals surface area contributed by atoms with Crippen LogP contribution in [-0.4, -0.2) is 34.6 Å². The summed E-state index contributed by atoms with van der Waals surface area (Å²) in [5.74, 6) is 0.101. The van der Waals surface area contributed by atoms with Crippen LogP contribution < -0.4 is 5.32 Å². The van der Waals surface area contributed by atoms with E-state index in [9.17, 15) is 5.11 Å². The van der Waals surface area contributed by atoms with Crippen molar-refractivity contribution < 1.29 is 15.3 Å². The van der Waals surface area contributed by atoms with Crippen molar-refractivity contribution in [1.82, 2.24) is 0 Å². The molecule has 0 heterocycles. The van der Waals surface area contributed by atoms with E-state index in [1.165, 1.54) is 0 Å². The van der Waals surface area contributed by atoms with Crippen molar-refractivity contribution >= 4 is 17.3 Å². The van der Waals surface area contributed by atoms with Gasteiger partial charge < -0.3 is 20.6 Å². The summed E-state index contributed by atoms with van der Waals surface area (Å²) >= 11 is 5.81. The summed E-state index contributed by atoms with van der Waals surface area (Å²) in [5.41, 5.74) is 1.11. The lowest BCUT2D eigenvalue weighted by atomic mass is 10.2. The Bertz CT molecular complexity index is 344. The van der Waals surface area contributed by atoms with Gasteiger partial charge in [-0.25, -0.2) is 0 Å². The summed E-state index contributed by atoms with van der Waals surface area (Å²) in [5, 5.41) is 30.7. The normalized spacial score (nSPS) is 12.5. The maximum absolute atomic E-state index is 9.64. The largest absolute Gasteiger partial charge is 0.506 e. The van der Waals surface area contributed by atoms with E-state index in [0.717, 1.165) is 0 Å². The van der Waals surface area contributed by atoms with Gasteiger partial charge in [-0.15, -0.1) is 0 Å². The third-order valence-corrected chi connectivity index (χ3v) is 2.22. The molecule has 0 aliphatic carbocycles. The van der Waals surface area contributed by atoms with Crippen molar-refractivity contribution in [2.45, 2.75) is 13.0 Å². The molecule has 5 heteroatoms. The van der Waals surface area contributed by atoms with Gasteiger partial charge >= 0.3 is 0 Å². The fourth-order valence-corrected chi connectivity index (χ4v) is 1.44. The minimum Gasteiger partial charge on any atom is -0.506 e. The van der Waals surface area contributed by atoms with Crippen LogP contribution in [0.15, 0.2) is 12.1 Å². The van der Waals surface area contributed by atoms with E-state index in [4.69, 9.17) is 21.8 Å². The standard InChI is InChI=1S/C10H14ClNO3/c1-6-2-7(11)3-9(10(6)15)12-4-8(14)5-13/h2-3,8,12-15H,4-5H2,1H3. The highest BCUT2D eigenvalue weighted by Gasteiger charge is 2.08. The van der Waals surface area contributed by atoms with E-state index in [2.05, 4.69) is 5.32 Å². The van der Waals surface area contributed by atoms with Crippen LogP contribution in [0.3, 0.4) is 0 Å². The number of halogens is 1. The molecule has 1 rings (SSSR count). The topological polar surface area (TPSA) is 72.7 Å². The van der Waals surface area contributed by atoms with Crippen molar-refractivity contribution in [2.75, 3.05) is 18.5 Å². The van der Waals surface area contributed by atoms with Crippen molar-refractivity contribution in [3.8, 4) is 5.75 Å². The van der Waals surface area contributed by atoms with Gasteiger partial charge in [0.15, 0.2) is 0 Å². The Morgan fingerprint density at radius 3 is 2.73 bits per heavy atom. The van der Waals surface area contributed by atoms with Gasteiger partial charge in [-0.1, -0.05) is 11.6 Å². The molecular weight excluding hydrogens is 218 g/mol. The number of anilines is 1. The summed E-state index contributed by atoms with van der Waals surface area (Å²) in [6.45, 7) is 1.56. The molecule has 0 saturated heterocycles. The van der Waals surface area contributed by atoms with E-state index in [-0.39, 0.29) is 18.9 Å². The van der Waals surface area contributed by atoms with Crippen molar-refractivity contribution in [3.05, 3.63) is 22.7 Å². The number of hydrogen-bond donors (Lipinski definition) is 4. The number of nitrogens with one attached hydrogen (secondary N) is 1. The van der Waals surface area contributed by atoms with Gasteiger partial charge in [0.2, 0.25) is 0 Å². The molecule has 0 saturated carbocycles. The Hall–Kier alpha value is -0.970. The second-order valence-corrected chi connectivity index (χ2v) is 3.77. The molecule has 0 aliphatic rings. The quantitative estimate of drug-likeness (QED) is 0.586. The highest BCUT2D eigenvalue weighted by Crippen LogP contribution is 2.30. The van der Waals surface area contributed by atoms with Gasteiger partial charge in [0.05, 0.1) is 18.4 Å². The van der Waals surface area contributed by atoms with Crippen LogP contribution >= 0.6 is 11.6 Å². The SMILES string of the molecule is Cc1cc(Cl)cc(NCC(O)CO)c1O. The number of benzene rings is 1. The molecule has 4 nitrogen and oxygen atoms in total. The first-order valence-corrected chi connectivity index (χ1v) is 4.94. The molecule has 1 atom stereocenters. The molecule has 1 aromatic carbocycles. The van der Waals surface area contributed by atoms with Gasteiger partial charge in [-0.05, 0) is 24.6 Å². The average molecular weight is 232 g/mol. The number of aliphatic hydroxyl groups excluding tert-OH is 2. The lowest BCUT2D eigenvalue weighted by Gasteiger charge is -2.13. The van der Waals surface area contributed by atoms with E-state index >= 15 is 0 Å². The van der Waals surface area contributed by atoms with Crippen LogP contribution in [0.5, 0.6) is 5.75 Å². The molecule has 0 aromatic heterocycles. The van der Waals surface area contributed by atoms with Crippen molar-refractivity contribution in [2.24, 2.45) is 0 Å². The third kappa shape index (κ3) is 3.27. The maximum atomic E-state index is 9.64. The Balaban J connectivity index is 2.76. The lowest BCUT2D eigenvalue weighted by molar-refractivity contribution is 0.105. The second-order valence-electron chi connectivity index (χ2n) is 3.34. The Morgan fingerprint density at radius 1 is 1.47 bits per heavy atom. The molecule has 4 N–H and O–H groups in total. The monoisotopic (exact) mass is 231 g/mol. The molecule has 84 valence electrons. The fraction of sp³-hybridized carbons (Fsp3) is 0.400.